The van der Waals surface area contributed by atoms with Crippen LogP contribution >= 0.6 is 0 Å². The van der Waals surface area contributed by atoms with Gasteiger partial charge in [-0.3, -0.25) is 0 Å². The summed E-state index contributed by atoms with van der Waals surface area (Å²) in [5.41, 5.74) is -1.30. The molecule has 0 spiro atoms. The molecule has 0 fully saturated rings. The molecule has 0 aliphatic heterocycles. The molecule has 2 N–H and O–H groups in total. The molecule has 120 valence electrons. The first kappa shape index (κ1) is 19.5. The topological polar surface area (TPSA) is 102 Å². The fourth-order valence-corrected chi connectivity index (χ4v) is 4.76. The van der Waals surface area contributed by atoms with Gasteiger partial charge in [0.25, 0.3) is 0 Å². The van der Waals surface area contributed by atoms with Crippen LogP contribution in [0.4, 0.5) is 0 Å². The summed E-state index contributed by atoms with van der Waals surface area (Å²) in [7, 11) is 0.723. The van der Waals surface area contributed by atoms with E-state index < -0.39 is 26.3 Å². The zero-order chi connectivity index (χ0) is 16.6. The summed E-state index contributed by atoms with van der Waals surface area (Å²) < 4.78 is 15.9. The van der Waals surface area contributed by atoms with Crippen LogP contribution in [0.3, 0.4) is 0 Å². The summed E-state index contributed by atoms with van der Waals surface area (Å²) in [6.07, 6.45) is 1.57. The van der Waals surface area contributed by atoms with Crippen LogP contribution < -0.4 is 0 Å². The van der Waals surface area contributed by atoms with Crippen molar-refractivity contribution in [2.45, 2.75) is 25.3 Å². The summed E-state index contributed by atoms with van der Waals surface area (Å²) in [6, 6.07) is 0. The van der Waals surface area contributed by atoms with Crippen LogP contribution in [-0.4, -0.2) is 52.3 Å². The Hall–Kier alpha value is -1.48. The lowest BCUT2D eigenvalue weighted by Gasteiger charge is -2.32. The molecule has 7 nitrogen and oxygen atoms in total. The summed E-state index contributed by atoms with van der Waals surface area (Å²) in [5, 5.41) is 18.7. The Morgan fingerprint density at radius 3 is 1.86 bits per heavy atom. The summed E-state index contributed by atoms with van der Waals surface area (Å²) in [4.78, 5) is 23.0. The first-order chi connectivity index (χ1) is 9.84. The van der Waals surface area contributed by atoms with Crippen LogP contribution in [0.5, 0.6) is 0 Å². The third-order valence-corrected chi connectivity index (χ3v) is 6.46. The fraction of sp³-hybridized carbons (Fsp3) is 0.538. The minimum atomic E-state index is -3.35. The molecule has 0 saturated carbocycles. The van der Waals surface area contributed by atoms with E-state index in [0.29, 0.717) is 6.42 Å². The average molecular weight is 318 g/mol. The molecule has 0 aliphatic rings. The van der Waals surface area contributed by atoms with Crippen LogP contribution in [0, 0.1) is 0 Å². The minimum Gasteiger partial charge on any atom is -0.478 e. The van der Waals surface area contributed by atoms with Gasteiger partial charge in [0.15, 0.2) is 0 Å². The third kappa shape index (κ3) is 4.24. The second kappa shape index (κ2) is 8.73. The van der Waals surface area contributed by atoms with E-state index in [0.717, 1.165) is 0 Å². The first-order valence-corrected chi connectivity index (χ1v) is 8.11. The lowest BCUT2D eigenvalue weighted by molar-refractivity contribution is -0.136. The maximum absolute atomic E-state index is 11.6. The number of carboxylic acid groups (broad SMARTS) is 2. The number of hydrogen-bond donors (Lipinski definition) is 2. The summed E-state index contributed by atoms with van der Waals surface area (Å²) in [5.74, 6) is -2.64. The molecule has 0 aromatic heterocycles. The van der Waals surface area contributed by atoms with Gasteiger partial charge < -0.3 is 23.5 Å². The predicted octanol–water partition coefficient (Wildman–Crippen LogP) is 1.69. The fourth-order valence-electron chi connectivity index (χ4n) is 2.25. The van der Waals surface area contributed by atoms with Crippen molar-refractivity contribution in [3.8, 4) is 0 Å². The van der Waals surface area contributed by atoms with Gasteiger partial charge in [-0.05, 0) is 12.8 Å². The molecule has 21 heavy (non-hydrogen) atoms. The Morgan fingerprint density at radius 1 is 1.14 bits per heavy atom. The molecule has 0 bridgehead atoms. The van der Waals surface area contributed by atoms with Crippen molar-refractivity contribution >= 4 is 20.7 Å². The number of carboxylic acids is 2. The Bertz CT molecular complexity index is 418. The second-order valence-electron chi connectivity index (χ2n) is 4.17. The largest absolute Gasteiger partial charge is 0.508 e. The van der Waals surface area contributed by atoms with Crippen molar-refractivity contribution in [3.63, 3.8) is 0 Å². The van der Waals surface area contributed by atoms with Crippen LogP contribution in [0.2, 0.25) is 5.54 Å². The monoisotopic (exact) mass is 318 g/mol. The van der Waals surface area contributed by atoms with Gasteiger partial charge in [-0.1, -0.05) is 13.0 Å². The third-order valence-electron chi connectivity index (χ3n) is 3.20. The van der Waals surface area contributed by atoms with Gasteiger partial charge in [0.1, 0.15) is 0 Å². The van der Waals surface area contributed by atoms with Crippen LogP contribution in [0.1, 0.15) is 19.8 Å². The molecule has 0 aliphatic carbocycles. The van der Waals surface area contributed by atoms with Gasteiger partial charge in [0.2, 0.25) is 0 Å². The molecule has 0 radical (unpaired) electrons. The van der Waals surface area contributed by atoms with Gasteiger partial charge in [0, 0.05) is 21.3 Å². The minimum absolute atomic E-state index is 0.0743. The normalized spacial score (nSPS) is 14.3. The molecular formula is C13H22O7Si. The zero-order valence-corrected chi connectivity index (χ0v) is 13.7. The van der Waals surface area contributed by atoms with Gasteiger partial charge in [0.05, 0.1) is 16.7 Å². The molecule has 0 amide bonds. The van der Waals surface area contributed by atoms with E-state index in [4.69, 9.17) is 13.3 Å². The Kier molecular flexibility index (Phi) is 8.11. The van der Waals surface area contributed by atoms with Gasteiger partial charge in [-0.25, -0.2) is 9.59 Å². The van der Waals surface area contributed by atoms with E-state index in [2.05, 4.69) is 6.58 Å². The maximum atomic E-state index is 11.6. The van der Waals surface area contributed by atoms with Crippen molar-refractivity contribution in [3.05, 3.63) is 23.8 Å². The highest BCUT2D eigenvalue weighted by Gasteiger charge is 2.51. The number of hydrogen-bond acceptors (Lipinski definition) is 5. The molecule has 0 heterocycles. The van der Waals surface area contributed by atoms with Gasteiger partial charge in [-0.2, -0.15) is 0 Å². The molecule has 1 unspecified atom stereocenters. The number of rotatable bonds is 10. The van der Waals surface area contributed by atoms with Gasteiger partial charge in [-0.15, -0.1) is 6.58 Å². The number of aliphatic carboxylic acids is 2. The molecule has 0 rings (SSSR count). The molecule has 0 aromatic carbocycles. The van der Waals surface area contributed by atoms with E-state index in [-0.39, 0.29) is 17.6 Å². The first-order valence-electron chi connectivity index (χ1n) is 6.31. The van der Waals surface area contributed by atoms with E-state index >= 15 is 0 Å². The molecule has 0 saturated heterocycles. The van der Waals surface area contributed by atoms with Crippen molar-refractivity contribution in [1.29, 1.82) is 0 Å². The highest BCUT2D eigenvalue weighted by Crippen LogP contribution is 2.37. The van der Waals surface area contributed by atoms with E-state index in [1.165, 1.54) is 27.4 Å². The Balaban J connectivity index is 6.25. The number of carbonyl (C=O) groups is 2. The second-order valence-corrected chi connectivity index (χ2v) is 7.30. The van der Waals surface area contributed by atoms with Crippen LogP contribution in [-0.2, 0) is 22.9 Å². The van der Waals surface area contributed by atoms with E-state index in [1.807, 2.05) is 0 Å². The number of allylic oxidation sites excluding steroid dienone is 1. The lowest BCUT2D eigenvalue weighted by atomic mass is 10.0. The standard InChI is InChI=1S/C13H22O7Si/c1-6-8-9(12(14)15)11(13(16)17)10(7-2)21(18-3,19-4)20-5/h6,10H,1,7-8H2,2-5H3,(H,14,15)(H,16,17)/b11-9-. The molecule has 1 atom stereocenters. The SMILES string of the molecule is C=CC/C(C(=O)O)=C(/C(=O)O)C(CC)[Si](OC)(OC)OC. The Labute approximate surface area is 125 Å². The molecule has 0 aromatic rings. The highest BCUT2D eigenvalue weighted by atomic mass is 28.4. The van der Waals surface area contributed by atoms with Crippen molar-refractivity contribution in [2.75, 3.05) is 21.3 Å². The maximum Gasteiger partial charge on any atom is 0.508 e. The predicted molar refractivity (Wildman–Crippen MR) is 77.9 cm³/mol. The van der Waals surface area contributed by atoms with Crippen LogP contribution in [0.15, 0.2) is 23.8 Å². The highest BCUT2D eigenvalue weighted by molar-refractivity contribution is 6.63. The van der Waals surface area contributed by atoms with Crippen LogP contribution in [0.25, 0.3) is 0 Å². The molecular weight excluding hydrogens is 296 g/mol. The van der Waals surface area contributed by atoms with E-state index in [1.54, 1.807) is 6.92 Å². The van der Waals surface area contributed by atoms with Crippen molar-refractivity contribution in [2.24, 2.45) is 0 Å². The lowest BCUT2D eigenvalue weighted by Crippen LogP contribution is -2.49. The summed E-state index contributed by atoms with van der Waals surface area (Å²) in [6.45, 7) is 5.18. The van der Waals surface area contributed by atoms with Crippen molar-refractivity contribution in [1.82, 2.24) is 0 Å². The zero-order valence-electron chi connectivity index (χ0n) is 12.7. The Morgan fingerprint density at radius 2 is 1.62 bits per heavy atom. The van der Waals surface area contributed by atoms with Crippen molar-refractivity contribution < 1.29 is 33.1 Å². The summed E-state index contributed by atoms with van der Waals surface area (Å²) >= 11 is 0. The van der Waals surface area contributed by atoms with Gasteiger partial charge >= 0.3 is 20.7 Å². The average Bonchev–Trinajstić information content (AvgIpc) is 2.46. The smallest absolute Gasteiger partial charge is 0.478 e. The quantitative estimate of drug-likeness (QED) is 0.359. The molecule has 8 heteroatoms. The van der Waals surface area contributed by atoms with E-state index in [9.17, 15) is 19.8 Å².